The second-order valence-corrected chi connectivity index (χ2v) is 8.48. The Kier molecular flexibility index (Phi) is 6.17. The van der Waals surface area contributed by atoms with E-state index in [4.69, 9.17) is 9.97 Å². The van der Waals surface area contributed by atoms with Crippen molar-refractivity contribution in [2.45, 2.75) is 5.92 Å². The lowest BCUT2D eigenvalue weighted by molar-refractivity contribution is 0.846. The third-order valence-corrected chi connectivity index (χ3v) is 6.03. The summed E-state index contributed by atoms with van der Waals surface area (Å²) < 4.78 is 0. The van der Waals surface area contributed by atoms with E-state index in [1.165, 1.54) is 11.1 Å². The van der Waals surface area contributed by atoms with Crippen LogP contribution in [-0.4, -0.2) is 35.6 Å². The maximum atomic E-state index is 4.96. The van der Waals surface area contributed by atoms with E-state index in [0.29, 0.717) is 12.4 Å². The summed E-state index contributed by atoms with van der Waals surface area (Å²) in [5.74, 6) is 1.72. The standard InChI is InChI=1S/C29H27N5/c1-34(2)24-14-12-23(13-15-24)28-32-27-11-7-6-10-25(27)29(33-28)31-20-26(21-8-4-3-5-9-21)22-16-18-30-19-17-22/h3-19,26H,20H2,1-2H3,(H,31,32,33). The smallest absolute Gasteiger partial charge is 0.162 e. The monoisotopic (exact) mass is 445 g/mol. The summed E-state index contributed by atoms with van der Waals surface area (Å²) in [5, 5.41) is 4.66. The molecule has 0 spiro atoms. The van der Waals surface area contributed by atoms with E-state index in [1.807, 2.05) is 50.8 Å². The molecule has 5 aromatic rings. The van der Waals surface area contributed by atoms with Crippen LogP contribution in [0.25, 0.3) is 22.3 Å². The van der Waals surface area contributed by atoms with Gasteiger partial charge in [-0.05, 0) is 59.7 Å². The maximum absolute atomic E-state index is 4.96. The maximum Gasteiger partial charge on any atom is 0.162 e. The number of benzene rings is 3. The van der Waals surface area contributed by atoms with Crippen LogP contribution in [0.2, 0.25) is 0 Å². The lowest BCUT2D eigenvalue weighted by Gasteiger charge is -2.20. The van der Waals surface area contributed by atoms with E-state index in [2.05, 4.69) is 81.9 Å². The molecule has 1 N–H and O–H groups in total. The molecule has 1 atom stereocenters. The number of nitrogens with zero attached hydrogens (tertiary/aromatic N) is 4. The van der Waals surface area contributed by atoms with Gasteiger partial charge in [-0.25, -0.2) is 9.97 Å². The molecule has 0 fully saturated rings. The Labute approximate surface area is 200 Å². The zero-order valence-corrected chi connectivity index (χ0v) is 19.4. The van der Waals surface area contributed by atoms with E-state index in [9.17, 15) is 0 Å². The van der Waals surface area contributed by atoms with Gasteiger partial charge in [-0.1, -0.05) is 42.5 Å². The van der Waals surface area contributed by atoms with Gasteiger partial charge in [0.1, 0.15) is 5.82 Å². The third-order valence-electron chi connectivity index (χ3n) is 6.03. The molecule has 0 bridgehead atoms. The van der Waals surface area contributed by atoms with Gasteiger partial charge in [0, 0.05) is 55.6 Å². The Morgan fingerprint density at radius 1 is 0.735 bits per heavy atom. The summed E-state index contributed by atoms with van der Waals surface area (Å²) in [6, 6.07) is 31.2. The fraction of sp³-hybridized carbons (Fsp3) is 0.138. The minimum Gasteiger partial charge on any atom is -0.378 e. The molecule has 0 saturated heterocycles. The summed E-state index contributed by atoms with van der Waals surface area (Å²) in [6.45, 7) is 0.702. The van der Waals surface area contributed by atoms with Crippen molar-refractivity contribution in [3.63, 3.8) is 0 Å². The molecule has 0 aliphatic rings. The van der Waals surface area contributed by atoms with Crippen LogP contribution in [0.1, 0.15) is 17.0 Å². The topological polar surface area (TPSA) is 53.9 Å². The first kappa shape index (κ1) is 21.6. The molecule has 5 nitrogen and oxygen atoms in total. The Hall–Kier alpha value is -4.25. The second-order valence-electron chi connectivity index (χ2n) is 8.48. The van der Waals surface area contributed by atoms with Gasteiger partial charge in [0.15, 0.2) is 5.82 Å². The molecule has 0 amide bonds. The highest BCUT2D eigenvalue weighted by Gasteiger charge is 2.16. The normalized spacial score (nSPS) is 11.8. The largest absolute Gasteiger partial charge is 0.378 e. The predicted molar refractivity (Wildman–Crippen MR) is 140 cm³/mol. The molecule has 5 rings (SSSR count). The van der Waals surface area contributed by atoms with Gasteiger partial charge < -0.3 is 10.2 Å². The number of nitrogens with one attached hydrogen (secondary N) is 1. The number of pyridine rings is 1. The number of fused-ring (bicyclic) bond motifs is 1. The van der Waals surface area contributed by atoms with E-state index in [-0.39, 0.29) is 5.92 Å². The lowest BCUT2D eigenvalue weighted by Crippen LogP contribution is -2.15. The quantitative estimate of drug-likeness (QED) is 0.333. The minimum absolute atomic E-state index is 0.167. The van der Waals surface area contributed by atoms with Crippen molar-refractivity contribution in [3.8, 4) is 11.4 Å². The zero-order chi connectivity index (χ0) is 23.3. The molecule has 168 valence electrons. The highest BCUT2D eigenvalue weighted by atomic mass is 15.1. The first-order valence-corrected chi connectivity index (χ1v) is 11.4. The Morgan fingerprint density at radius 2 is 1.41 bits per heavy atom. The number of hydrogen-bond donors (Lipinski definition) is 1. The van der Waals surface area contributed by atoms with Crippen molar-refractivity contribution in [3.05, 3.63) is 115 Å². The van der Waals surface area contributed by atoms with Crippen molar-refractivity contribution in [1.82, 2.24) is 15.0 Å². The number of rotatable bonds is 7. The average molecular weight is 446 g/mol. The summed E-state index contributed by atoms with van der Waals surface area (Å²) in [6.07, 6.45) is 3.70. The highest BCUT2D eigenvalue weighted by molar-refractivity contribution is 5.90. The molecule has 1 unspecified atom stereocenters. The van der Waals surface area contributed by atoms with Gasteiger partial charge in [-0.2, -0.15) is 0 Å². The van der Waals surface area contributed by atoms with E-state index in [1.54, 1.807) is 0 Å². The molecule has 5 heteroatoms. The number of aromatic nitrogens is 3. The van der Waals surface area contributed by atoms with Gasteiger partial charge in [-0.3, -0.25) is 4.98 Å². The van der Waals surface area contributed by atoms with Crippen molar-refractivity contribution < 1.29 is 0 Å². The molecule has 0 aliphatic heterocycles. The summed E-state index contributed by atoms with van der Waals surface area (Å²) in [7, 11) is 4.07. The molecule has 0 saturated carbocycles. The summed E-state index contributed by atoms with van der Waals surface area (Å²) in [5.41, 5.74) is 5.52. The molecule has 0 aliphatic carbocycles. The minimum atomic E-state index is 0.167. The lowest BCUT2D eigenvalue weighted by atomic mass is 9.92. The van der Waals surface area contributed by atoms with Crippen LogP contribution in [0.4, 0.5) is 11.5 Å². The predicted octanol–water partition coefficient (Wildman–Crippen LogP) is 6.00. The number of anilines is 2. The number of para-hydroxylation sites is 1. The van der Waals surface area contributed by atoms with E-state index in [0.717, 1.165) is 28.0 Å². The second kappa shape index (κ2) is 9.71. The van der Waals surface area contributed by atoms with Crippen LogP contribution in [-0.2, 0) is 0 Å². The van der Waals surface area contributed by atoms with Crippen molar-refractivity contribution in [1.29, 1.82) is 0 Å². The van der Waals surface area contributed by atoms with Crippen LogP contribution in [0.3, 0.4) is 0 Å². The van der Waals surface area contributed by atoms with Gasteiger partial charge >= 0.3 is 0 Å². The van der Waals surface area contributed by atoms with Crippen LogP contribution >= 0.6 is 0 Å². The Morgan fingerprint density at radius 3 is 2.15 bits per heavy atom. The molecule has 3 aromatic carbocycles. The fourth-order valence-electron chi connectivity index (χ4n) is 4.16. The molecule has 0 radical (unpaired) electrons. The van der Waals surface area contributed by atoms with Crippen molar-refractivity contribution in [2.75, 3.05) is 30.9 Å². The number of hydrogen-bond acceptors (Lipinski definition) is 5. The first-order chi connectivity index (χ1) is 16.7. The Bertz CT molecular complexity index is 1330. The highest BCUT2D eigenvalue weighted by Crippen LogP contribution is 2.29. The summed E-state index contributed by atoms with van der Waals surface area (Å²) >= 11 is 0. The van der Waals surface area contributed by atoms with Crippen LogP contribution < -0.4 is 10.2 Å². The zero-order valence-electron chi connectivity index (χ0n) is 19.4. The van der Waals surface area contributed by atoms with Crippen LogP contribution in [0.5, 0.6) is 0 Å². The Balaban J connectivity index is 1.51. The van der Waals surface area contributed by atoms with Crippen molar-refractivity contribution in [2.24, 2.45) is 0 Å². The fourth-order valence-corrected chi connectivity index (χ4v) is 4.16. The van der Waals surface area contributed by atoms with Crippen LogP contribution in [0, 0.1) is 0 Å². The van der Waals surface area contributed by atoms with Gasteiger partial charge in [-0.15, -0.1) is 0 Å². The third kappa shape index (κ3) is 4.59. The molecule has 2 heterocycles. The van der Waals surface area contributed by atoms with Gasteiger partial charge in [0.2, 0.25) is 0 Å². The van der Waals surface area contributed by atoms with Crippen molar-refractivity contribution >= 4 is 22.4 Å². The molecule has 2 aromatic heterocycles. The van der Waals surface area contributed by atoms with E-state index < -0.39 is 0 Å². The molecular weight excluding hydrogens is 418 g/mol. The summed E-state index contributed by atoms with van der Waals surface area (Å²) in [4.78, 5) is 16.1. The molecule has 34 heavy (non-hydrogen) atoms. The van der Waals surface area contributed by atoms with Crippen LogP contribution in [0.15, 0.2) is 103 Å². The first-order valence-electron chi connectivity index (χ1n) is 11.4. The average Bonchev–Trinajstić information content (AvgIpc) is 2.90. The van der Waals surface area contributed by atoms with Gasteiger partial charge in [0.05, 0.1) is 5.52 Å². The van der Waals surface area contributed by atoms with E-state index >= 15 is 0 Å². The molecular formula is C29H27N5. The SMILES string of the molecule is CN(C)c1ccc(-c2nc(NCC(c3ccccc3)c3ccncc3)c3ccccc3n2)cc1. The van der Waals surface area contributed by atoms with Gasteiger partial charge in [0.25, 0.3) is 0 Å².